The van der Waals surface area contributed by atoms with Gasteiger partial charge in [0.25, 0.3) is 0 Å². The Balaban J connectivity index is 4.59. The summed E-state index contributed by atoms with van der Waals surface area (Å²) in [5.41, 5.74) is 5.32. The highest BCUT2D eigenvalue weighted by Gasteiger charge is 2.28. The second-order valence-corrected chi connectivity index (χ2v) is 15.4. The minimum Gasteiger partial charge on any atom is -0.480 e. The molecule has 0 aromatic rings. The summed E-state index contributed by atoms with van der Waals surface area (Å²) in [6.07, 6.45) is 41.4. The number of unbranched alkanes of at least 4 members (excludes halogenated alkanes) is 12. The van der Waals surface area contributed by atoms with E-state index in [-0.39, 0.29) is 12.8 Å². The van der Waals surface area contributed by atoms with Crippen molar-refractivity contribution in [3.63, 3.8) is 0 Å². The highest BCUT2D eigenvalue weighted by molar-refractivity contribution is 7.47. The summed E-state index contributed by atoms with van der Waals surface area (Å²) in [5.74, 6) is -2.53. The molecule has 0 aromatic carbocycles. The van der Waals surface area contributed by atoms with Crippen LogP contribution in [0.1, 0.15) is 149 Å². The van der Waals surface area contributed by atoms with E-state index in [1.54, 1.807) is 6.08 Å². The molecule has 0 rings (SSSR count). The molecule has 0 saturated heterocycles. The highest BCUT2D eigenvalue weighted by atomic mass is 31.2. The van der Waals surface area contributed by atoms with Crippen LogP contribution in [-0.2, 0) is 37.5 Å². The fourth-order valence-electron chi connectivity index (χ4n) is 5.11. The summed E-state index contributed by atoms with van der Waals surface area (Å²) in [5, 5.41) is 18.9. The van der Waals surface area contributed by atoms with Crippen LogP contribution >= 0.6 is 7.82 Å². The second kappa shape index (κ2) is 38.4. The molecule has 5 N–H and O–H groups in total. The zero-order valence-electron chi connectivity index (χ0n) is 34.8. The van der Waals surface area contributed by atoms with Gasteiger partial charge in [-0.1, -0.05) is 132 Å². The fourth-order valence-corrected chi connectivity index (χ4v) is 5.89. The molecule has 1 unspecified atom stereocenters. The van der Waals surface area contributed by atoms with Crippen LogP contribution in [0.2, 0.25) is 0 Å². The van der Waals surface area contributed by atoms with Crippen LogP contribution < -0.4 is 5.73 Å². The number of aliphatic hydroxyl groups excluding tert-OH is 1. The molecule has 13 heteroatoms. The molecular formula is C44H74NO11P. The Labute approximate surface area is 343 Å². The summed E-state index contributed by atoms with van der Waals surface area (Å²) in [6.45, 7) is 2.57. The molecule has 12 nitrogen and oxygen atoms in total. The molecule has 0 bridgehead atoms. The van der Waals surface area contributed by atoms with Gasteiger partial charge in [-0.3, -0.25) is 23.4 Å². The number of carbonyl (C=O) groups excluding carboxylic acids is 2. The monoisotopic (exact) mass is 823 g/mol. The normalized spacial score (nSPS) is 15.0. The van der Waals surface area contributed by atoms with Crippen LogP contribution in [0, 0.1) is 0 Å². The van der Waals surface area contributed by atoms with E-state index in [2.05, 4.69) is 48.8 Å². The van der Waals surface area contributed by atoms with Gasteiger partial charge < -0.3 is 30.3 Å². The summed E-state index contributed by atoms with van der Waals surface area (Å²) in [4.78, 5) is 45.9. The van der Waals surface area contributed by atoms with E-state index in [9.17, 15) is 28.9 Å². The van der Waals surface area contributed by atoms with Gasteiger partial charge >= 0.3 is 25.7 Å². The Bertz CT molecular complexity index is 1260. The molecule has 0 aliphatic rings. The van der Waals surface area contributed by atoms with Gasteiger partial charge in [0.15, 0.2) is 6.10 Å². The van der Waals surface area contributed by atoms with E-state index < -0.39 is 63.8 Å². The number of allylic oxidation sites excluding steroid dienone is 10. The molecule has 0 aliphatic carbocycles. The zero-order chi connectivity index (χ0) is 42.2. The number of phosphoric acid groups is 1. The number of carboxylic acids is 1. The maximum absolute atomic E-state index is 12.6. The zero-order valence-corrected chi connectivity index (χ0v) is 35.7. The van der Waals surface area contributed by atoms with Crippen molar-refractivity contribution < 1.29 is 52.6 Å². The molecule has 0 amide bonds. The van der Waals surface area contributed by atoms with Crippen molar-refractivity contribution in [1.29, 1.82) is 0 Å². The Kier molecular flexibility index (Phi) is 36.3. The number of hydrogen-bond donors (Lipinski definition) is 4. The number of phosphoric ester groups is 1. The number of rotatable bonds is 38. The Morgan fingerprint density at radius 3 is 1.79 bits per heavy atom. The summed E-state index contributed by atoms with van der Waals surface area (Å²) in [6, 6.07) is -1.55. The molecule has 0 fully saturated rings. The summed E-state index contributed by atoms with van der Waals surface area (Å²) in [7, 11) is -4.75. The van der Waals surface area contributed by atoms with E-state index >= 15 is 0 Å². The third-order valence-electron chi connectivity index (χ3n) is 8.51. The third-order valence-corrected chi connectivity index (χ3v) is 9.46. The number of esters is 2. The van der Waals surface area contributed by atoms with Crippen molar-refractivity contribution in [2.24, 2.45) is 5.73 Å². The topological polar surface area (TPSA) is 192 Å². The standard InChI is InChI=1S/C44H74NO11P/c1-3-5-7-9-11-12-13-14-15-16-17-18-22-26-30-34-42(47)53-36-40(37-54-57(51,52)55-38-41(45)44(49)50)56-43(48)35-31-27-23-19-21-25-29-33-39(46)32-28-24-20-10-8-6-4-2/h11-12,14-15,19-20,23-25,28-29,32,39-41,46H,3-10,13,16-18,21-22,26-27,30-31,33-38,45H2,1-2H3,(H,49,50)(H,51,52)/b12-11-,15-14-,23-19+,24-20-,29-25-,32-28-/t39-,40+,41-/m0/s1. The maximum atomic E-state index is 12.6. The lowest BCUT2D eigenvalue weighted by molar-refractivity contribution is -0.161. The number of ether oxygens (including phenoxy) is 2. The summed E-state index contributed by atoms with van der Waals surface area (Å²) >= 11 is 0. The van der Waals surface area contributed by atoms with Crippen LogP contribution in [0.5, 0.6) is 0 Å². The van der Waals surface area contributed by atoms with Gasteiger partial charge in [0, 0.05) is 12.8 Å². The van der Waals surface area contributed by atoms with Crippen molar-refractivity contribution in [3.05, 3.63) is 72.9 Å². The van der Waals surface area contributed by atoms with Gasteiger partial charge in [-0.2, -0.15) is 0 Å². The largest absolute Gasteiger partial charge is 0.480 e. The van der Waals surface area contributed by atoms with Crippen LogP contribution in [0.3, 0.4) is 0 Å². The van der Waals surface area contributed by atoms with E-state index in [0.717, 1.165) is 51.4 Å². The smallest absolute Gasteiger partial charge is 0.472 e. The molecule has 0 aliphatic heterocycles. The first-order valence-corrected chi connectivity index (χ1v) is 22.6. The van der Waals surface area contributed by atoms with Crippen molar-refractivity contribution in [3.8, 4) is 0 Å². The molecular weight excluding hydrogens is 749 g/mol. The van der Waals surface area contributed by atoms with Crippen LogP contribution in [0.4, 0.5) is 0 Å². The van der Waals surface area contributed by atoms with Crippen LogP contribution in [0.25, 0.3) is 0 Å². The van der Waals surface area contributed by atoms with Gasteiger partial charge in [-0.05, 0) is 77.0 Å². The third kappa shape index (κ3) is 38.2. The van der Waals surface area contributed by atoms with Crippen LogP contribution in [0.15, 0.2) is 72.9 Å². The number of aliphatic hydroxyl groups is 1. The van der Waals surface area contributed by atoms with Crippen LogP contribution in [-0.4, -0.2) is 71.1 Å². The Morgan fingerprint density at radius 1 is 0.632 bits per heavy atom. The fraction of sp³-hybridized carbons (Fsp3) is 0.659. The van der Waals surface area contributed by atoms with E-state index in [0.29, 0.717) is 32.1 Å². The highest BCUT2D eigenvalue weighted by Crippen LogP contribution is 2.43. The molecule has 0 spiro atoms. The lowest BCUT2D eigenvalue weighted by Gasteiger charge is -2.20. The first kappa shape index (κ1) is 53.9. The predicted molar refractivity (Wildman–Crippen MR) is 227 cm³/mol. The van der Waals surface area contributed by atoms with E-state index in [1.807, 2.05) is 36.5 Å². The minimum atomic E-state index is -4.75. The quantitative estimate of drug-likeness (QED) is 0.0152. The SMILES string of the molecule is CCCCC/C=C\C=C/[C@H](O)C/C=C\C/C=C/CCCC(=O)O[C@H](COC(=O)CCCCCCC/C=C\C/C=C\CCCCC)COP(=O)(O)OC[C@H](N)C(=O)O. The van der Waals surface area contributed by atoms with Gasteiger partial charge in [0.2, 0.25) is 0 Å². The molecule has 57 heavy (non-hydrogen) atoms. The molecule has 0 aromatic heterocycles. The van der Waals surface area contributed by atoms with Crippen molar-refractivity contribution in [2.75, 3.05) is 19.8 Å². The van der Waals surface area contributed by atoms with Gasteiger partial charge in [-0.25, -0.2) is 4.57 Å². The first-order valence-electron chi connectivity index (χ1n) is 21.1. The Morgan fingerprint density at radius 2 is 1.16 bits per heavy atom. The lowest BCUT2D eigenvalue weighted by atomic mass is 10.1. The Hall–Kier alpha value is -3.12. The number of carbonyl (C=O) groups is 3. The van der Waals surface area contributed by atoms with Gasteiger partial charge in [0.05, 0.1) is 19.3 Å². The average molecular weight is 824 g/mol. The van der Waals surface area contributed by atoms with Crippen molar-refractivity contribution in [1.82, 2.24) is 0 Å². The van der Waals surface area contributed by atoms with Crippen molar-refractivity contribution in [2.45, 2.75) is 167 Å². The molecule has 4 atom stereocenters. The molecule has 0 saturated carbocycles. The van der Waals surface area contributed by atoms with Gasteiger partial charge in [0.1, 0.15) is 12.6 Å². The first-order chi connectivity index (χ1) is 27.5. The molecule has 326 valence electrons. The van der Waals surface area contributed by atoms with E-state index in [1.165, 1.54) is 38.5 Å². The number of carboxylic acid groups (broad SMARTS) is 1. The predicted octanol–water partition coefficient (Wildman–Crippen LogP) is 9.92. The summed E-state index contributed by atoms with van der Waals surface area (Å²) < 4.78 is 32.5. The maximum Gasteiger partial charge on any atom is 0.472 e. The average Bonchev–Trinajstić information content (AvgIpc) is 3.18. The lowest BCUT2D eigenvalue weighted by Crippen LogP contribution is -2.34. The minimum absolute atomic E-state index is 0.0446. The number of aliphatic carboxylic acids is 1. The molecule has 0 heterocycles. The second-order valence-electron chi connectivity index (χ2n) is 14.0. The van der Waals surface area contributed by atoms with Crippen molar-refractivity contribution >= 4 is 25.7 Å². The number of hydrogen-bond acceptors (Lipinski definition) is 10. The van der Waals surface area contributed by atoms with E-state index in [4.69, 9.17) is 24.8 Å². The van der Waals surface area contributed by atoms with Gasteiger partial charge in [-0.15, -0.1) is 0 Å². The molecule has 0 radical (unpaired) electrons. The number of nitrogens with two attached hydrogens (primary N) is 1.